The van der Waals surface area contributed by atoms with Gasteiger partial charge < -0.3 is 0 Å². The molecule has 0 aromatic heterocycles. The fourth-order valence-electron chi connectivity index (χ4n) is 1.74. The van der Waals surface area contributed by atoms with Crippen molar-refractivity contribution in [3.05, 3.63) is 57.7 Å². The third kappa shape index (κ3) is 2.61. The van der Waals surface area contributed by atoms with Gasteiger partial charge in [-0.1, -0.05) is 0 Å². The van der Waals surface area contributed by atoms with Gasteiger partial charge in [-0.15, -0.1) is 10.2 Å². The van der Waals surface area contributed by atoms with Crippen LogP contribution in [0.3, 0.4) is 0 Å². The first kappa shape index (κ1) is 17.8. The molecule has 2 rings (SSSR count). The van der Waals surface area contributed by atoms with E-state index in [0.29, 0.717) is 0 Å². The summed E-state index contributed by atoms with van der Waals surface area (Å²) in [5.41, 5.74) is -5.27. The van der Waals surface area contributed by atoms with Crippen LogP contribution in [0, 0.1) is 60.4 Å². The lowest BCUT2D eigenvalue weighted by atomic mass is 10.1. The quantitative estimate of drug-likeness (QED) is 0.368. The standard InChI is InChI=1S/C14H6F8N2/c1-3-5(15)9(19)13(10(20)6(3)16)23-24-14-11(21)7(17)4(2)8(18)12(14)22/h1-2H3. The average Bonchev–Trinajstić information content (AvgIpc) is 2.57. The first-order valence-corrected chi connectivity index (χ1v) is 6.16. The summed E-state index contributed by atoms with van der Waals surface area (Å²) in [6.45, 7) is 1.48. The Morgan fingerprint density at radius 1 is 0.417 bits per heavy atom. The van der Waals surface area contributed by atoms with Gasteiger partial charge in [-0.05, 0) is 13.8 Å². The molecule has 0 aliphatic heterocycles. The minimum Gasteiger partial charge on any atom is -0.203 e. The predicted octanol–water partition coefficient (Wildman–Crippen LogP) is 5.83. The van der Waals surface area contributed by atoms with E-state index in [-0.39, 0.29) is 0 Å². The number of azo groups is 1. The molecule has 0 aliphatic carbocycles. The summed E-state index contributed by atoms with van der Waals surface area (Å²) in [5, 5.41) is 5.31. The highest BCUT2D eigenvalue weighted by Crippen LogP contribution is 2.34. The third-order valence-electron chi connectivity index (χ3n) is 3.17. The maximum Gasteiger partial charge on any atom is 0.189 e. The van der Waals surface area contributed by atoms with Crippen molar-refractivity contribution in [3.8, 4) is 0 Å². The highest BCUT2D eigenvalue weighted by molar-refractivity contribution is 5.47. The number of benzene rings is 2. The van der Waals surface area contributed by atoms with E-state index >= 15 is 0 Å². The van der Waals surface area contributed by atoms with E-state index in [1.807, 2.05) is 0 Å². The summed E-state index contributed by atoms with van der Waals surface area (Å²) < 4.78 is 108. The van der Waals surface area contributed by atoms with Crippen LogP contribution in [0.15, 0.2) is 10.2 Å². The maximum absolute atomic E-state index is 13.6. The van der Waals surface area contributed by atoms with Crippen molar-refractivity contribution in [1.29, 1.82) is 0 Å². The van der Waals surface area contributed by atoms with E-state index in [0.717, 1.165) is 13.8 Å². The van der Waals surface area contributed by atoms with Crippen LogP contribution in [-0.2, 0) is 0 Å². The van der Waals surface area contributed by atoms with Gasteiger partial charge in [0.05, 0.1) is 0 Å². The molecule has 0 unspecified atom stereocenters. The summed E-state index contributed by atoms with van der Waals surface area (Å²) in [5.74, 6) is -15.1. The average molecular weight is 354 g/mol. The smallest absolute Gasteiger partial charge is 0.189 e. The van der Waals surface area contributed by atoms with Crippen LogP contribution in [-0.4, -0.2) is 0 Å². The van der Waals surface area contributed by atoms with Crippen LogP contribution in [0.2, 0.25) is 0 Å². The molecule has 0 radical (unpaired) electrons. The molecule has 0 bridgehead atoms. The van der Waals surface area contributed by atoms with E-state index < -0.39 is 69.0 Å². The Morgan fingerprint density at radius 3 is 0.833 bits per heavy atom. The molecule has 0 amide bonds. The van der Waals surface area contributed by atoms with E-state index in [1.165, 1.54) is 0 Å². The van der Waals surface area contributed by atoms with Gasteiger partial charge in [0.2, 0.25) is 0 Å². The van der Waals surface area contributed by atoms with Gasteiger partial charge >= 0.3 is 0 Å². The molecule has 0 fully saturated rings. The molecule has 2 nitrogen and oxygen atoms in total. The topological polar surface area (TPSA) is 24.7 Å². The highest BCUT2D eigenvalue weighted by atomic mass is 19.2. The first-order chi connectivity index (χ1) is 11.1. The van der Waals surface area contributed by atoms with Crippen LogP contribution in [0.4, 0.5) is 46.5 Å². The molecule has 2 aromatic rings. The third-order valence-corrected chi connectivity index (χ3v) is 3.17. The Balaban J connectivity index is 2.67. The van der Waals surface area contributed by atoms with E-state index in [9.17, 15) is 35.1 Å². The van der Waals surface area contributed by atoms with Gasteiger partial charge in [-0.2, -0.15) is 0 Å². The summed E-state index contributed by atoms with van der Waals surface area (Å²) in [4.78, 5) is 0. The van der Waals surface area contributed by atoms with E-state index in [1.54, 1.807) is 0 Å². The Bertz CT molecular complexity index is 747. The predicted molar refractivity (Wildman–Crippen MR) is 66.2 cm³/mol. The van der Waals surface area contributed by atoms with Crippen molar-refractivity contribution >= 4 is 11.4 Å². The molecule has 0 atom stereocenters. The fraction of sp³-hybridized carbons (Fsp3) is 0.143. The zero-order chi connectivity index (χ0) is 18.3. The largest absolute Gasteiger partial charge is 0.203 e. The second-order valence-corrected chi connectivity index (χ2v) is 4.66. The van der Waals surface area contributed by atoms with Crippen molar-refractivity contribution < 1.29 is 35.1 Å². The van der Waals surface area contributed by atoms with Crippen LogP contribution in [0.5, 0.6) is 0 Å². The summed E-state index contributed by atoms with van der Waals surface area (Å²) in [6.07, 6.45) is 0. The number of rotatable bonds is 2. The van der Waals surface area contributed by atoms with Gasteiger partial charge in [0.1, 0.15) is 0 Å². The summed E-state index contributed by atoms with van der Waals surface area (Å²) in [7, 11) is 0. The fourth-order valence-corrected chi connectivity index (χ4v) is 1.74. The van der Waals surface area contributed by atoms with Crippen LogP contribution >= 0.6 is 0 Å². The molecule has 24 heavy (non-hydrogen) atoms. The molecule has 0 spiro atoms. The molecule has 0 saturated heterocycles. The van der Waals surface area contributed by atoms with Crippen molar-refractivity contribution in [2.75, 3.05) is 0 Å². The Morgan fingerprint density at radius 2 is 0.625 bits per heavy atom. The summed E-state index contributed by atoms with van der Waals surface area (Å²) in [6, 6.07) is 0. The minimum atomic E-state index is -1.98. The van der Waals surface area contributed by atoms with Crippen molar-refractivity contribution in [1.82, 2.24) is 0 Å². The number of nitrogens with zero attached hydrogens (tertiary/aromatic N) is 2. The molecule has 0 heterocycles. The number of hydrogen-bond acceptors (Lipinski definition) is 2. The molecule has 0 aliphatic rings. The molecule has 0 saturated carbocycles. The highest BCUT2D eigenvalue weighted by Gasteiger charge is 2.25. The minimum absolute atomic E-state index is 0.738. The lowest BCUT2D eigenvalue weighted by Crippen LogP contribution is -2.00. The molecular formula is C14H6F8N2. The summed E-state index contributed by atoms with van der Waals surface area (Å²) >= 11 is 0. The van der Waals surface area contributed by atoms with Gasteiger partial charge in [0, 0.05) is 11.1 Å². The lowest BCUT2D eigenvalue weighted by molar-refractivity contribution is 0.443. The SMILES string of the molecule is Cc1c(F)c(F)c(N=Nc2c(F)c(F)c(C)c(F)c2F)c(F)c1F. The van der Waals surface area contributed by atoms with Crippen molar-refractivity contribution in [2.24, 2.45) is 10.2 Å². The zero-order valence-electron chi connectivity index (χ0n) is 11.9. The molecule has 128 valence electrons. The molecule has 0 N–H and O–H groups in total. The number of halogens is 8. The van der Waals surface area contributed by atoms with Gasteiger partial charge in [0.15, 0.2) is 57.9 Å². The second kappa shape index (κ2) is 6.17. The number of hydrogen-bond donors (Lipinski definition) is 0. The molecular weight excluding hydrogens is 348 g/mol. The monoisotopic (exact) mass is 354 g/mol. The normalized spacial score (nSPS) is 11.6. The Kier molecular flexibility index (Phi) is 4.59. The second-order valence-electron chi connectivity index (χ2n) is 4.66. The van der Waals surface area contributed by atoms with Gasteiger partial charge in [-0.25, -0.2) is 35.1 Å². The Labute approximate surface area is 129 Å². The lowest BCUT2D eigenvalue weighted by Gasteiger charge is -2.07. The first-order valence-electron chi connectivity index (χ1n) is 6.16. The van der Waals surface area contributed by atoms with Gasteiger partial charge in [-0.3, -0.25) is 0 Å². The maximum atomic E-state index is 13.6. The van der Waals surface area contributed by atoms with Crippen LogP contribution in [0.25, 0.3) is 0 Å². The van der Waals surface area contributed by atoms with Gasteiger partial charge in [0.25, 0.3) is 0 Å². The van der Waals surface area contributed by atoms with Crippen LogP contribution in [0.1, 0.15) is 11.1 Å². The van der Waals surface area contributed by atoms with E-state index in [2.05, 4.69) is 10.2 Å². The van der Waals surface area contributed by atoms with Crippen molar-refractivity contribution in [3.63, 3.8) is 0 Å². The van der Waals surface area contributed by atoms with Crippen LogP contribution < -0.4 is 0 Å². The van der Waals surface area contributed by atoms with E-state index in [4.69, 9.17) is 0 Å². The Hall–Kier alpha value is -2.52. The zero-order valence-corrected chi connectivity index (χ0v) is 11.9. The molecule has 10 heteroatoms. The van der Waals surface area contributed by atoms with Crippen molar-refractivity contribution in [2.45, 2.75) is 13.8 Å². The molecule has 2 aromatic carbocycles.